The molecule has 0 aliphatic carbocycles. The second-order valence-corrected chi connectivity index (χ2v) is 7.30. The van der Waals surface area contributed by atoms with E-state index in [0.717, 1.165) is 11.9 Å². The summed E-state index contributed by atoms with van der Waals surface area (Å²) >= 11 is 0. The Morgan fingerprint density at radius 2 is 1.95 bits per heavy atom. The van der Waals surface area contributed by atoms with Crippen molar-refractivity contribution in [3.8, 4) is 0 Å². The Hall–Kier alpha value is -1.51. The van der Waals surface area contributed by atoms with E-state index in [1.807, 2.05) is 31.1 Å². The predicted molar refractivity (Wildman–Crippen MR) is 85.7 cm³/mol. The third kappa shape index (κ3) is 7.48. The number of sulfonamides is 1. The van der Waals surface area contributed by atoms with Crippen molar-refractivity contribution in [3.63, 3.8) is 0 Å². The highest BCUT2D eigenvalue weighted by molar-refractivity contribution is 7.88. The first-order chi connectivity index (χ1) is 10.3. The van der Waals surface area contributed by atoms with Crippen molar-refractivity contribution in [2.75, 3.05) is 40.0 Å². The average Bonchev–Trinajstić information content (AvgIpc) is 2.44. The molecule has 1 aromatic rings. The smallest absolute Gasteiger partial charge is 0.221 e. The van der Waals surface area contributed by atoms with Crippen molar-refractivity contribution in [1.82, 2.24) is 19.5 Å². The summed E-state index contributed by atoms with van der Waals surface area (Å²) in [5.74, 6) is -0.191. The maximum absolute atomic E-state index is 11.8. The van der Waals surface area contributed by atoms with Crippen LogP contribution in [0.1, 0.15) is 12.1 Å². The Bertz CT molecular complexity index is 561. The van der Waals surface area contributed by atoms with Crippen LogP contribution in [0.2, 0.25) is 0 Å². The van der Waals surface area contributed by atoms with Gasteiger partial charge >= 0.3 is 0 Å². The van der Waals surface area contributed by atoms with E-state index in [-0.39, 0.29) is 18.9 Å². The number of nitrogens with zero attached hydrogens (tertiary/aromatic N) is 3. The highest BCUT2D eigenvalue weighted by Gasteiger charge is 2.17. The van der Waals surface area contributed by atoms with Gasteiger partial charge in [0.15, 0.2) is 0 Å². The van der Waals surface area contributed by atoms with Crippen molar-refractivity contribution < 1.29 is 13.2 Å². The SMILES string of the molecule is CN(C)CCN(CCC(=O)NCc1ccccn1)S(C)(=O)=O. The summed E-state index contributed by atoms with van der Waals surface area (Å²) in [5.41, 5.74) is 0.767. The zero-order valence-electron chi connectivity index (χ0n) is 13.3. The van der Waals surface area contributed by atoms with Gasteiger partial charge in [0.1, 0.15) is 0 Å². The molecule has 1 amide bonds. The normalized spacial score (nSPS) is 11.9. The Kier molecular flexibility index (Phi) is 7.43. The van der Waals surface area contributed by atoms with Gasteiger partial charge in [-0.25, -0.2) is 12.7 Å². The van der Waals surface area contributed by atoms with E-state index in [1.165, 1.54) is 4.31 Å². The number of hydrogen-bond donors (Lipinski definition) is 1. The van der Waals surface area contributed by atoms with Crippen LogP contribution in [-0.2, 0) is 21.4 Å². The number of rotatable bonds is 9. The Labute approximate surface area is 132 Å². The standard InChI is InChI=1S/C14H24N4O3S/c1-17(2)10-11-18(22(3,20)21)9-7-14(19)16-12-13-6-4-5-8-15-13/h4-6,8H,7,9-12H2,1-3H3,(H,16,19). The summed E-state index contributed by atoms with van der Waals surface area (Å²) in [6.45, 7) is 1.51. The summed E-state index contributed by atoms with van der Waals surface area (Å²) in [6.07, 6.45) is 2.95. The molecular formula is C14H24N4O3S. The monoisotopic (exact) mass is 328 g/mol. The van der Waals surface area contributed by atoms with Crippen molar-refractivity contribution in [1.29, 1.82) is 0 Å². The molecule has 0 atom stereocenters. The van der Waals surface area contributed by atoms with Crippen molar-refractivity contribution in [2.45, 2.75) is 13.0 Å². The predicted octanol–water partition coefficient (Wildman–Crippen LogP) is -0.0889. The van der Waals surface area contributed by atoms with Crippen LogP contribution in [0.3, 0.4) is 0 Å². The van der Waals surface area contributed by atoms with E-state index in [4.69, 9.17) is 0 Å². The molecule has 0 aliphatic rings. The largest absolute Gasteiger partial charge is 0.350 e. The summed E-state index contributed by atoms with van der Waals surface area (Å²) in [4.78, 5) is 17.8. The van der Waals surface area contributed by atoms with Gasteiger partial charge in [-0.2, -0.15) is 0 Å². The molecule has 0 saturated carbocycles. The molecule has 0 radical (unpaired) electrons. The quantitative estimate of drug-likeness (QED) is 0.685. The maximum atomic E-state index is 11.8. The molecule has 0 spiro atoms. The molecule has 1 N–H and O–H groups in total. The minimum Gasteiger partial charge on any atom is -0.350 e. The molecule has 124 valence electrons. The van der Waals surface area contributed by atoms with E-state index in [1.54, 1.807) is 12.3 Å². The highest BCUT2D eigenvalue weighted by Crippen LogP contribution is 2.00. The number of pyridine rings is 1. The Morgan fingerprint density at radius 3 is 2.50 bits per heavy atom. The fourth-order valence-corrected chi connectivity index (χ4v) is 2.60. The molecule has 0 saturated heterocycles. The van der Waals surface area contributed by atoms with Crippen molar-refractivity contribution in [3.05, 3.63) is 30.1 Å². The molecule has 1 aromatic heterocycles. The molecule has 0 bridgehead atoms. The maximum Gasteiger partial charge on any atom is 0.221 e. The number of likely N-dealkylation sites (N-methyl/N-ethyl adjacent to an activating group) is 1. The molecule has 0 fully saturated rings. The number of amides is 1. The fourth-order valence-electron chi connectivity index (χ4n) is 1.76. The zero-order valence-corrected chi connectivity index (χ0v) is 14.1. The van der Waals surface area contributed by atoms with E-state index < -0.39 is 10.0 Å². The van der Waals surface area contributed by atoms with Gasteiger partial charge in [0.2, 0.25) is 15.9 Å². The third-order valence-corrected chi connectivity index (χ3v) is 4.35. The Balaban J connectivity index is 2.42. The van der Waals surface area contributed by atoms with Crippen molar-refractivity contribution >= 4 is 15.9 Å². The summed E-state index contributed by atoms with van der Waals surface area (Å²) < 4.78 is 24.7. The lowest BCUT2D eigenvalue weighted by Crippen LogP contribution is -2.38. The minimum absolute atomic E-state index is 0.132. The molecule has 22 heavy (non-hydrogen) atoms. The topological polar surface area (TPSA) is 82.6 Å². The molecule has 1 rings (SSSR count). The van der Waals surface area contributed by atoms with Crippen LogP contribution >= 0.6 is 0 Å². The van der Waals surface area contributed by atoms with Gasteiger partial charge in [-0.15, -0.1) is 0 Å². The molecular weight excluding hydrogens is 304 g/mol. The van der Waals surface area contributed by atoms with E-state index in [2.05, 4.69) is 10.3 Å². The summed E-state index contributed by atoms with van der Waals surface area (Å²) in [6, 6.07) is 5.47. The van der Waals surface area contributed by atoms with Crippen LogP contribution in [0.15, 0.2) is 24.4 Å². The van der Waals surface area contributed by atoms with Crippen LogP contribution in [0.5, 0.6) is 0 Å². The van der Waals surface area contributed by atoms with E-state index >= 15 is 0 Å². The van der Waals surface area contributed by atoms with Gasteiger partial charge in [-0.1, -0.05) is 6.07 Å². The second-order valence-electron chi connectivity index (χ2n) is 5.31. The zero-order chi connectivity index (χ0) is 16.6. The molecule has 7 nitrogen and oxygen atoms in total. The fraction of sp³-hybridized carbons (Fsp3) is 0.571. The van der Waals surface area contributed by atoms with Gasteiger partial charge in [-0.3, -0.25) is 9.78 Å². The van der Waals surface area contributed by atoms with Crippen LogP contribution in [-0.4, -0.2) is 68.5 Å². The minimum atomic E-state index is -3.31. The average molecular weight is 328 g/mol. The molecule has 0 aliphatic heterocycles. The molecule has 8 heteroatoms. The lowest BCUT2D eigenvalue weighted by molar-refractivity contribution is -0.121. The van der Waals surface area contributed by atoms with Crippen LogP contribution in [0, 0.1) is 0 Å². The van der Waals surface area contributed by atoms with Crippen LogP contribution in [0.25, 0.3) is 0 Å². The lowest BCUT2D eigenvalue weighted by Gasteiger charge is -2.21. The summed E-state index contributed by atoms with van der Waals surface area (Å²) in [5, 5.41) is 2.74. The third-order valence-electron chi connectivity index (χ3n) is 3.05. The first-order valence-corrected chi connectivity index (χ1v) is 8.90. The van der Waals surface area contributed by atoms with E-state index in [0.29, 0.717) is 19.6 Å². The van der Waals surface area contributed by atoms with Gasteiger partial charge in [-0.05, 0) is 26.2 Å². The number of aromatic nitrogens is 1. The first-order valence-electron chi connectivity index (χ1n) is 7.05. The molecule has 1 heterocycles. The van der Waals surface area contributed by atoms with Crippen LogP contribution in [0.4, 0.5) is 0 Å². The van der Waals surface area contributed by atoms with Crippen LogP contribution < -0.4 is 5.32 Å². The van der Waals surface area contributed by atoms with Gasteiger partial charge in [0.25, 0.3) is 0 Å². The Morgan fingerprint density at radius 1 is 1.23 bits per heavy atom. The first kappa shape index (κ1) is 18.5. The number of nitrogens with one attached hydrogen (secondary N) is 1. The number of carbonyl (C=O) groups excluding carboxylic acids is 1. The summed E-state index contributed by atoms with van der Waals surface area (Å²) in [7, 11) is 0.441. The number of hydrogen-bond acceptors (Lipinski definition) is 5. The lowest BCUT2D eigenvalue weighted by atomic mass is 10.3. The van der Waals surface area contributed by atoms with Crippen molar-refractivity contribution in [2.24, 2.45) is 0 Å². The molecule has 0 aromatic carbocycles. The van der Waals surface area contributed by atoms with Gasteiger partial charge < -0.3 is 10.2 Å². The van der Waals surface area contributed by atoms with Gasteiger partial charge in [0, 0.05) is 32.3 Å². The second kappa shape index (κ2) is 8.82. The van der Waals surface area contributed by atoms with Gasteiger partial charge in [0.05, 0.1) is 18.5 Å². The highest BCUT2D eigenvalue weighted by atomic mass is 32.2. The molecule has 0 unspecified atom stereocenters. The van der Waals surface area contributed by atoms with E-state index in [9.17, 15) is 13.2 Å². The number of carbonyl (C=O) groups is 1.